The minimum Gasteiger partial charge on any atom is -0.465 e. The van der Waals surface area contributed by atoms with Crippen molar-refractivity contribution >= 4 is 5.97 Å². The Morgan fingerprint density at radius 1 is 1.53 bits per heavy atom. The van der Waals surface area contributed by atoms with Gasteiger partial charge in [0.2, 0.25) is 0 Å². The highest BCUT2D eigenvalue weighted by Gasteiger charge is 2.43. The second-order valence-electron chi connectivity index (χ2n) is 4.61. The molecule has 0 amide bonds. The molecule has 1 saturated carbocycles. The standard InChI is InChI=1S/C13H16FNO2/c1-8-10(12(16)17-2)5-9(6-11(8)14)13(7-15)3-4-13/h5-6H,3-4,7,15H2,1-2H3. The molecule has 0 heterocycles. The Hall–Kier alpha value is -1.42. The summed E-state index contributed by atoms with van der Waals surface area (Å²) < 4.78 is 18.4. The van der Waals surface area contributed by atoms with Gasteiger partial charge in [-0.3, -0.25) is 0 Å². The van der Waals surface area contributed by atoms with Crippen LogP contribution >= 0.6 is 0 Å². The number of methoxy groups -OCH3 is 1. The van der Waals surface area contributed by atoms with Gasteiger partial charge < -0.3 is 10.5 Å². The van der Waals surface area contributed by atoms with E-state index in [0.717, 1.165) is 18.4 Å². The highest BCUT2D eigenvalue weighted by atomic mass is 19.1. The van der Waals surface area contributed by atoms with Gasteiger partial charge in [-0.15, -0.1) is 0 Å². The lowest BCUT2D eigenvalue weighted by molar-refractivity contribution is 0.0599. The van der Waals surface area contributed by atoms with Crippen molar-refractivity contribution in [1.82, 2.24) is 0 Å². The summed E-state index contributed by atoms with van der Waals surface area (Å²) in [6.07, 6.45) is 1.90. The monoisotopic (exact) mass is 237 g/mol. The average molecular weight is 237 g/mol. The molecule has 2 rings (SSSR count). The molecule has 0 spiro atoms. The molecule has 2 N–H and O–H groups in total. The van der Waals surface area contributed by atoms with Gasteiger partial charge in [-0.05, 0) is 43.0 Å². The van der Waals surface area contributed by atoms with E-state index in [-0.39, 0.29) is 11.2 Å². The Kier molecular flexibility index (Phi) is 2.91. The van der Waals surface area contributed by atoms with Gasteiger partial charge in [-0.25, -0.2) is 9.18 Å². The smallest absolute Gasteiger partial charge is 0.338 e. The summed E-state index contributed by atoms with van der Waals surface area (Å²) >= 11 is 0. The third-order valence-electron chi connectivity index (χ3n) is 3.61. The first-order valence-corrected chi connectivity index (χ1v) is 5.63. The maximum atomic E-state index is 13.8. The summed E-state index contributed by atoms with van der Waals surface area (Å²) in [4.78, 5) is 11.6. The first-order chi connectivity index (χ1) is 8.04. The predicted octanol–water partition coefficient (Wildman–Crippen LogP) is 1.91. The average Bonchev–Trinajstić information content (AvgIpc) is 3.12. The van der Waals surface area contributed by atoms with Gasteiger partial charge in [0, 0.05) is 12.0 Å². The predicted molar refractivity (Wildman–Crippen MR) is 62.4 cm³/mol. The zero-order valence-electron chi connectivity index (χ0n) is 10.0. The van der Waals surface area contributed by atoms with Crippen LogP contribution in [0.2, 0.25) is 0 Å². The zero-order chi connectivity index (χ0) is 12.6. The van der Waals surface area contributed by atoms with Crippen LogP contribution in [-0.4, -0.2) is 19.6 Å². The Balaban J connectivity index is 2.50. The van der Waals surface area contributed by atoms with E-state index in [0.29, 0.717) is 17.7 Å². The third-order valence-corrected chi connectivity index (χ3v) is 3.61. The fraction of sp³-hybridized carbons (Fsp3) is 0.462. The van der Waals surface area contributed by atoms with Crippen molar-refractivity contribution < 1.29 is 13.9 Å². The van der Waals surface area contributed by atoms with Crippen LogP contribution in [-0.2, 0) is 10.2 Å². The van der Waals surface area contributed by atoms with Crippen LogP contribution in [0.4, 0.5) is 4.39 Å². The largest absolute Gasteiger partial charge is 0.465 e. The quantitative estimate of drug-likeness (QED) is 0.817. The van der Waals surface area contributed by atoms with Gasteiger partial charge in [-0.2, -0.15) is 0 Å². The number of benzene rings is 1. The summed E-state index contributed by atoms with van der Waals surface area (Å²) in [6.45, 7) is 2.06. The number of esters is 1. The van der Waals surface area contributed by atoms with Crippen molar-refractivity contribution in [2.45, 2.75) is 25.2 Å². The molecule has 92 valence electrons. The SMILES string of the molecule is COC(=O)c1cc(C2(CN)CC2)cc(F)c1C. The lowest BCUT2D eigenvalue weighted by atomic mass is 9.92. The van der Waals surface area contributed by atoms with E-state index in [1.54, 1.807) is 13.0 Å². The molecule has 1 aliphatic carbocycles. The molecule has 1 aromatic carbocycles. The van der Waals surface area contributed by atoms with Gasteiger partial charge in [0.25, 0.3) is 0 Å². The maximum absolute atomic E-state index is 13.8. The second kappa shape index (κ2) is 4.11. The molecule has 0 aliphatic heterocycles. The van der Waals surface area contributed by atoms with E-state index in [1.165, 1.54) is 13.2 Å². The van der Waals surface area contributed by atoms with Gasteiger partial charge >= 0.3 is 5.97 Å². The van der Waals surface area contributed by atoms with Crippen molar-refractivity contribution in [1.29, 1.82) is 0 Å². The number of ether oxygens (including phenoxy) is 1. The van der Waals surface area contributed by atoms with Crippen LogP contribution < -0.4 is 5.73 Å². The minimum atomic E-state index is -0.504. The molecule has 3 nitrogen and oxygen atoms in total. The van der Waals surface area contributed by atoms with E-state index >= 15 is 0 Å². The minimum absolute atomic E-state index is 0.128. The summed E-state index contributed by atoms with van der Waals surface area (Å²) in [5.74, 6) is -0.876. The molecular weight excluding hydrogens is 221 g/mol. The number of rotatable bonds is 3. The van der Waals surface area contributed by atoms with E-state index in [1.807, 2.05) is 0 Å². The van der Waals surface area contributed by atoms with Gasteiger partial charge in [0.15, 0.2) is 0 Å². The summed E-state index contributed by atoms with van der Waals surface area (Å²) in [6, 6.07) is 3.20. The molecule has 0 bridgehead atoms. The molecule has 1 aliphatic rings. The van der Waals surface area contributed by atoms with Gasteiger partial charge in [-0.1, -0.05) is 0 Å². The highest BCUT2D eigenvalue weighted by Crippen LogP contribution is 2.47. The molecule has 17 heavy (non-hydrogen) atoms. The van der Waals surface area contributed by atoms with Gasteiger partial charge in [0.05, 0.1) is 12.7 Å². The summed E-state index contributed by atoms with van der Waals surface area (Å²) in [7, 11) is 1.29. The number of carbonyl (C=O) groups is 1. The molecule has 4 heteroatoms. The van der Waals surface area contributed by atoms with E-state index in [4.69, 9.17) is 5.73 Å². The first-order valence-electron chi connectivity index (χ1n) is 5.63. The fourth-order valence-corrected chi connectivity index (χ4v) is 2.07. The molecule has 1 aromatic rings. The third kappa shape index (κ3) is 1.93. The highest BCUT2D eigenvalue weighted by molar-refractivity contribution is 5.91. The van der Waals surface area contributed by atoms with E-state index < -0.39 is 5.97 Å². The topological polar surface area (TPSA) is 52.3 Å². The Labute approximate surface area is 99.8 Å². The van der Waals surface area contributed by atoms with Crippen LogP contribution in [0.3, 0.4) is 0 Å². The lowest BCUT2D eigenvalue weighted by Crippen LogP contribution is -2.21. The second-order valence-corrected chi connectivity index (χ2v) is 4.61. The molecule has 0 aromatic heterocycles. The van der Waals surface area contributed by atoms with Crippen molar-refractivity contribution in [3.8, 4) is 0 Å². The maximum Gasteiger partial charge on any atom is 0.338 e. The summed E-state index contributed by atoms with van der Waals surface area (Å²) in [5.41, 5.74) is 7.01. The van der Waals surface area contributed by atoms with Crippen molar-refractivity contribution in [2.75, 3.05) is 13.7 Å². The Morgan fingerprint density at radius 3 is 2.65 bits per heavy atom. The Bertz CT molecular complexity index is 467. The molecular formula is C13H16FNO2. The normalized spacial score (nSPS) is 16.7. The lowest BCUT2D eigenvalue weighted by Gasteiger charge is -2.15. The van der Waals surface area contributed by atoms with Crippen LogP contribution in [0, 0.1) is 12.7 Å². The number of halogens is 1. The molecule has 0 saturated heterocycles. The van der Waals surface area contributed by atoms with Crippen molar-refractivity contribution in [3.63, 3.8) is 0 Å². The van der Waals surface area contributed by atoms with Crippen molar-refractivity contribution in [3.05, 3.63) is 34.6 Å². The van der Waals surface area contributed by atoms with Gasteiger partial charge in [0.1, 0.15) is 5.82 Å². The number of nitrogens with two attached hydrogens (primary N) is 1. The van der Waals surface area contributed by atoms with E-state index in [9.17, 15) is 9.18 Å². The molecule has 0 unspecified atom stereocenters. The van der Waals surface area contributed by atoms with E-state index in [2.05, 4.69) is 4.74 Å². The van der Waals surface area contributed by atoms with Crippen LogP contribution in [0.1, 0.15) is 34.3 Å². The zero-order valence-corrected chi connectivity index (χ0v) is 10.0. The van der Waals surface area contributed by atoms with Crippen LogP contribution in [0.15, 0.2) is 12.1 Å². The number of hydrogen-bond acceptors (Lipinski definition) is 3. The number of carbonyl (C=O) groups excluding carboxylic acids is 1. The first kappa shape index (κ1) is 12.0. The molecule has 0 atom stereocenters. The fourth-order valence-electron chi connectivity index (χ4n) is 2.07. The molecule has 1 fully saturated rings. The van der Waals surface area contributed by atoms with Crippen molar-refractivity contribution in [2.24, 2.45) is 5.73 Å². The molecule has 0 radical (unpaired) electrons. The van der Waals surface area contributed by atoms with Crippen LogP contribution in [0.25, 0.3) is 0 Å². The summed E-state index contributed by atoms with van der Waals surface area (Å²) in [5, 5.41) is 0. The Morgan fingerprint density at radius 2 is 2.18 bits per heavy atom. The number of hydrogen-bond donors (Lipinski definition) is 1. The van der Waals surface area contributed by atoms with Crippen LogP contribution in [0.5, 0.6) is 0 Å².